The monoisotopic (exact) mass is 370 g/mol. The summed E-state index contributed by atoms with van der Waals surface area (Å²) in [5, 5.41) is 6.43. The number of halogens is 1. The summed E-state index contributed by atoms with van der Waals surface area (Å²) in [4.78, 5) is 15.5. The standard InChI is InChI=1S/C19H23ClN6/c1-12(2)10-26-18(20)17(13(3)24-26)16-5-4-8-25(16)19-14-9-21-11-23-15(14)6-7-22-19/h6-7,9,11-12,16H,4-5,8,10H2,1-3H3. The molecular weight excluding hydrogens is 348 g/mol. The lowest BCUT2D eigenvalue weighted by Crippen LogP contribution is -2.24. The zero-order valence-corrected chi connectivity index (χ0v) is 16.1. The van der Waals surface area contributed by atoms with Crippen LogP contribution in [0.5, 0.6) is 0 Å². The fraction of sp³-hybridized carbons (Fsp3) is 0.474. The van der Waals surface area contributed by atoms with Crippen molar-refractivity contribution in [1.29, 1.82) is 0 Å². The van der Waals surface area contributed by atoms with Gasteiger partial charge in [-0.2, -0.15) is 5.10 Å². The molecule has 0 bridgehead atoms. The molecule has 0 saturated carbocycles. The molecule has 4 heterocycles. The molecule has 4 rings (SSSR count). The molecule has 0 aliphatic carbocycles. The van der Waals surface area contributed by atoms with E-state index in [9.17, 15) is 0 Å². The normalized spacial score (nSPS) is 17.6. The lowest BCUT2D eigenvalue weighted by Gasteiger charge is -2.27. The first-order chi connectivity index (χ1) is 12.6. The molecule has 0 aromatic carbocycles. The van der Waals surface area contributed by atoms with Crippen LogP contribution in [0.1, 0.15) is 44.0 Å². The molecule has 7 heteroatoms. The summed E-state index contributed by atoms with van der Waals surface area (Å²) in [6, 6.07) is 2.10. The number of anilines is 1. The predicted octanol–water partition coefficient (Wildman–Crippen LogP) is 4.18. The number of fused-ring (bicyclic) bond motifs is 1. The van der Waals surface area contributed by atoms with Crippen LogP contribution in [0.15, 0.2) is 24.8 Å². The second-order valence-corrected chi connectivity index (χ2v) is 7.67. The van der Waals surface area contributed by atoms with E-state index in [0.29, 0.717) is 5.92 Å². The molecule has 0 spiro atoms. The number of hydrogen-bond acceptors (Lipinski definition) is 5. The average molecular weight is 371 g/mol. The zero-order valence-electron chi connectivity index (χ0n) is 15.4. The van der Waals surface area contributed by atoms with Crippen LogP contribution in [0, 0.1) is 12.8 Å². The molecule has 1 saturated heterocycles. The van der Waals surface area contributed by atoms with Crippen molar-refractivity contribution in [2.45, 2.75) is 46.2 Å². The number of aromatic nitrogens is 5. The first-order valence-corrected chi connectivity index (χ1v) is 9.48. The van der Waals surface area contributed by atoms with Crippen LogP contribution < -0.4 is 4.90 Å². The van der Waals surface area contributed by atoms with Gasteiger partial charge in [0.05, 0.1) is 22.6 Å². The molecular formula is C19H23ClN6. The first-order valence-electron chi connectivity index (χ1n) is 9.10. The summed E-state index contributed by atoms with van der Waals surface area (Å²) in [6.07, 6.45) is 7.37. The third kappa shape index (κ3) is 2.92. The van der Waals surface area contributed by atoms with Gasteiger partial charge in [0.25, 0.3) is 0 Å². The Labute approximate surface area is 158 Å². The highest BCUT2D eigenvalue weighted by molar-refractivity contribution is 6.30. The van der Waals surface area contributed by atoms with Gasteiger partial charge in [-0.25, -0.2) is 15.0 Å². The summed E-state index contributed by atoms with van der Waals surface area (Å²) < 4.78 is 1.94. The van der Waals surface area contributed by atoms with Crippen molar-refractivity contribution in [2.75, 3.05) is 11.4 Å². The maximum atomic E-state index is 6.75. The second kappa shape index (κ2) is 6.83. The third-order valence-electron chi connectivity index (χ3n) is 4.92. The Morgan fingerprint density at radius 2 is 2.15 bits per heavy atom. The van der Waals surface area contributed by atoms with Crippen molar-refractivity contribution in [1.82, 2.24) is 24.7 Å². The van der Waals surface area contributed by atoms with E-state index < -0.39 is 0 Å². The van der Waals surface area contributed by atoms with Gasteiger partial charge >= 0.3 is 0 Å². The fourth-order valence-electron chi connectivity index (χ4n) is 3.85. The number of hydrogen-bond donors (Lipinski definition) is 0. The first kappa shape index (κ1) is 17.2. The lowest BCUT2D eigenvalue weighted by atomic mass is 10.1. The Morgan fingerprint density at radius 1 is 1.31 bits per heavy atom. The smallest absolute Gasteiger partial charge is 0.140 e. The number of rotatable bonds is 4. The van der Waals surface area contributed by atoms with Gasteiger partial charge in [-0.1, -0.05) is 25.4 Å². The Morgan fingerprint density at radius 3 is 2.96 bits per heavy atom. The Bertz CT molecular complexity index is 930. The fourth-order valence-corrected chi connectivity index (χ4v) is 4.22. The van der Waals surface area contributed by atoms with E-state index >= 15 is 0 Å². The van der Waals surface area contributed by atoms with Gasteiger partial charge in [-0.05, 0) is 31.7 Å². The van der Waals surface area contributed by atoms with Gasteiger partial charge in [0.2, 0.25) is 0 Å². The maximum Gasteiger partial charge on any atom is 0.140 e. The SMILES string of the molecule is Cc1nn(CC(C)C)c(Cl)c1C1CCCN1c1nccc2ncncc12. The number of pyridine rings is 1. The predicted molar refractivity (Wildman–Crippen MR) is 103 cm³/mol. The van der Waals surface area contributed by atoms with E-state index in [-0.39, 0.29) is 6.04 Å². The van der Waals surface area contributed by atoms with Crippen molar-refractivity contribution in [3.8, 4) is 0 Å². The molecule has 1 aliphatic heterocycles. The molecule has 6 nitrogen and oxygen atoms in total. The van der Waals surface area contributed by atoms with Crippen molar-refractivity contribution < 1.29 is 0 Å². The molecule has 136 valence electrons. The molecule has 26 heavy (non-hydrogen) atoms. The molecule has 0 amide bonds. The van der Waals surface area contributed by atoms with Crippen LogP contribution in [-0.4, -0.2) is 31.3 Å². The van der Waals surface area contributed by atoms with Crippen LogP contribution >= 0.6 is 11.6 Å². The summed E-state index contributed by atoms with van der Waals surface area (Å²) >= 11 is 6.75. The topological polar surface area (TPSA) is 59.7 Å². The second-order valence-electron chi connectivity index (χ2n) is 7.31. The molecule has 1 unspecified atom stereocenters. The highest BCUT2D eigenvalue weighted by Crippen LogP contribution is 2.41. The van der Waals surface area contributed by atoms with Gasteiger partial charge in [-0.15, -0.1) is 0 Å². The molecule has 3 aromatic heterocycles. The quantitative estimate of drug-likeness (QED) is 0.689. The Balaban J connectivity index is 1.77. The van der Waals surface area contributed by atoms with Crippen LogP contribution in [-0.2, 0) is 6.54 Å². The van der Waals surface area contributed by atoms with E-state index in [0.717, 1.165) is 59.1 Å². The van der Waals surface area contributed by atoms with Crippen LogP contribution in [0.3, 0.4) is 0 Å². The van der Waals surface area contributed by atoms with Gasteiger partial charge in [0.1, 0.15) is 17.3 Å². The Kier molecular flexibility index (Phi) is 4.53. The van der Waals surface area contributed by atoms with Crippen molar-refractivity contribution in [3.05, 3.63) is 41.2 Å². The summed E-state index contributed by atoms with van der Waals surface area (Å²) in [6.45, 7) is 8.17. The van der Waals surface area contributed by atoms with E-state index in [1.54, 1.807) is 6.33 Å². The minimum absolute atomic E-state index is 0.182. The van der Waals surface area contributed by atoms with Crippen molar-refractivity contribution >= 4 is 28.3 Å². The van der Waals surface area contributed by atoms with Crippen LogP contribution in [0.4, 0.5) is 5.82 Å². The molecule has 0 N–H and O–H groups in total. The molecule has 1 aliphatic rings. The minimum atomic E-state index is 0.182. The highest BCUT2D eigenvalue weighted by Gasteiger charge is 2.33. The Hall–Kier alpha value is -2.21. The van der Waals surface area contributed by atoms with E-state index in [2.05, 4.69) is 33.7 Å². The lowest BCUT2D eigenvalue weighted by molar-refractivity contribution is 0.481. The number of aryl methyl sites for hydroxylation is 1. The summed E-state index contributed by atoms with van der Waals surface area (Å²) in [5.74, 6) is 1.42. The van der Waals surface area contributed by atoms with E-state index in [4.69, 9.17) is 16.7 Å². The van der Waals surface area contributed by atoms with Gasteiger partial charge < -0.3 is 4.90 Å². The number of nitrogens with zero attached hydrogens (tertiary/aromatic N) is 6. The summed E-state index contributed by atoms with van der Waals surface area (Å²) in [5.41, 5.74) is 3.04. The summed E-state index contributed by atoms with van der Waals surface area (Å²) in [7, 11) is 0. The maximum absolute atomic E-state index is 6.75. The molecule has 1 atom stereocenters. The van der Waals surface area contributed by atoms with Gasteiger partial charge in [0.15, 0.2) is 0 Å². The minimum Gasteiger partial charge on any atom is -0.349 e. The zero-order chi connectivity index (χ0) is 18.3. The van der Waals surface area contributed by atoms with E-state index in [1.165, 1.54) is 0 Å². The van der Waals surface area contributed by atoms with Crippen LogP contribution in [0.25, 0.3) is 10.9 Å². The van der Waals surface area contributed by atoms with E-state index in [1.807, 2.05) is 30.1 Å². The van der Waals surface area contributed by atoms with Crippen LogP contribution in [0.2, 0.25) is 5.15 Å². The van der Waals surface area contributed by atoms with Crippen molar-refractivity contribution in [3.63, 3.8) is 0 Å². The molecule has 3 aromatic rings. The van der Waals surface area contributed by atoms with Crippen molar-refractivity contribution in [2.24, 2.45) is 5.92 Å². The van der Waals surface area contributed by atoms with Gasteiger partial charge in [-0.3, -0.25) is 4.68 Å². The molecule has 1 fully saturated rings. The van der Waals surface area contributed by atoms with Gasteiger partial charge in [0, 0.05) is 31.0 Å². The third-order valence-corrected chi connectivity index (χ3v) is 5.32. The largest absolute Gasteiger partial charge is 0.349 e. The molecule has 0 radical (unpaired) electrons. The average Bonchev–Trinajstić information content (AvgIpc) is 3.18. The highest BCUT2D eigenvalue weighted by atomic mass is 35.5.